The number of carbonyl (C=O) groups is 1. The van der Waals surface area contributed by atoms with Gasteiger partial charge in [0, 0.05) is 10.1 Å². The number of rotatable bonds is 2. The van der Waals surface area contributed by atoms with Crippen LogP contribution in [0.1, 0.15) is 37.2 Å². The van der Waals surface area contributed by atoms with Crippen molar-refractivity contribution in [3.05, 3.63) is 41.3 Å². The maximum absolute atomic E-state index is 11.2. The molecule has 6 heteroatoms. The lowest BCUT2D eigenvalue weighted by Gasteiger charge is -2.18. The van der Waals surface area contributed by atoms with Crippen molar-refractivity contribution in [2.24, 2.45) is 0 Å². The normalized spacial score (nSPS) is 12.0. The van der Waals surface area contributed by atoms with E-state index in [9.17, 15) is 4.79 Å². The third kappa shape index (κ3) is 2.42. The molecule has 3 rings (SSSR count). The van der Waals surface area contributed by atoms with E-state index in [1.807, 2.05) is 50.4 Å². The summed E-state index contributed by atoms with van der Waals surface area (Å²) in [5.74, 6) is -0.657. The fourth-order valence-corrected chi connectivity index (χ4v) is 2.92. The first-order valence-corrected chi connectivity index (χ1v) is 7.43. The first-order valence-electron chi connectivity index (χ1n) is 6.55. The van der Waals surface area contributed by atoms with E-state index in [-0.39, 0.29) is 11.2 Å². The first kappa shape index (κ1) is 13.8. The van der Waals surface area contributed by atoms with Crippen LogP contribution < -0.4 is 0 Å². The van der Waals surface area contributed by atoms with E-state index in [1.54, 1.807) is 16.0 Å². The van der Waals surface area contributed by atoms with E-state index in [1.165, 1.54) is 4.70 Å². The van der Waals surface area contributed by atoms with Gasteiger partial charge in [-0.25, -0.2) is 14.5 Å². The zero-order chi connectivity index (χ0) is 15.2. The van der Waals surface area contributed by atoms with Crippen LogP contribution in [0.5, 0.6) is 0 Å². The molecular weight excluding hydrogens is 286 g/mol. The summed E-state index contributed by atoms with van der Waals surface area (Å²) in [6.07, 6.45) is 0. The lowest BCUT2D eigenvalue weighted by atomic mass is 9.95. The Labute approximate surface area is 125 Å². The maximum Gasteiger partial charge on any atom is 0.375 e. The van der Waals surface area contributed by atoms with Crippen LogP contribution in [0.25, 0.3) is 15.8 Å². The van der Waals surface area contributed by atoms with Crippen molar-refractivity contribution in [1.82, 2.24) is 14.8 Å². The smallest absolute Gasteiger partial charge is 0.375 e. The highest BCUT2D eigenvalue weighted by Crippen LogP contribution is 2.27. The van der Waals surface area contributed by atoms with Gasteiger partial charge in [-0.05, 0) is 35.0 Å². The number of fused-ring (bicyclic) bond motifs is 1. The van der Waals surface area contributed by atoms with Crippen LogP contribution in [-0.2, 0) is 5.41 Å². The molecule has 0 aliphatic heterocycles. The van der Waals surface area contributed by atoms with Gasteiger partial charge in [-0.2, -0.15) is 0 Å². The Morgan fingerprint density at radius 2 is 2.05 bits per heavy atom. The molecule has 5 nitrogen and oxygen atoms in total. The van der Waals surface area contributed by atoms with Gasteiger partial charge in [0.1, 0.15) is 5.82 Å². The molecule has 108 valence electrons. The third-order valence-corrected chi connectivity index (χ3v) is 4.05. The fourth-order valence-electron chi connectivity index (χ4n) is 2.15. The molecule has 0 radical (unpaired) electrons. The summed E-state index contributed by atoms with van der Waals surface area (Å²) in [6.45, 7) is 5.97. The predicted molar refractivity (Wildman–Crippen MR) is 82.4 cm³/mol. The highest BCUT2D eigenvalue weighted by Gasteiger charge is 2.26. The van der Waals surface area contributed by atoms with E-state index < -0.39 is 5.97 Å². The van der Waals surface area contributed by atoms with E-state index in [4.69, 9.17) is 5.11 Å². The summed E-state index contributed by atoms with van der Waals surface area (Å²) in [5, 5.41) is 16.4. The van der Waals surface area contributed by atoms with Crippen molar-refractivity contribution >= 4 is 27.4 Å². The van der Waals surface area contributed by atoms with Crippen LogP contribution in [0.15, 0.2) is 29.6 Å². The van der Waals surface area contributed by atoms with Crippen molar-refractivity contribution < 1.29 is 9.90 Å². The Hall–Kier alpha value is -2.21. The lowest BCUT2D eigenvalue weighted by molar-refractivity contribution is 0.0683. The van der Waals surface area contributed by atoms with Gasteiger partial charge in [-0.1, -0.05) is 20.8 Å². The van der Waals surface area contributed by atoms with Crippen molar-refractivity contribution in [2.45, 2.75) is 26.2 Å². The second-order valence-corrected chi connectivity index (χ2v) is 6.82. The van der Waals surface area contributed by atoms with Gasteiger partial charge in [0.2, 0.25) is 0 Å². The van der Waals surface area contributed by atoms with Gasteiger partial charge in [-0.3, -0.25) is 0 Å². The summed E-state index contributed by atoms with van der Waals surface area (Å²) in [6, 6.07) is 7.99. The second kappa shape index (κ2) is 4.66. The maximum atomic E-state index is 11.2. The molecular formula is C15H15N3O2S. The molecule has 2 heterocycles. The Balaban J connectivity index is 2.22. The number of benzene rings is 1. The summed E-state index contributed by atoms with van der Waals surface area (Å²) in [4.78, 5) is 15.3. The molecule has 0 saturated heterocycles. The molecule has 0 fully saturated rings. The average molecular weight is 301 g/mol. The van der Waals surface area contributed by atoms with Crippen LogP contribution in [0.3, 0.4) is 0 Å². The Kier molecular flexibility index (Phi) is 3.06. The van der Waals surface area contributed by atoms with Gasteiger partial charge in [0.05, 0.1) is 5.69 Å². The van der Waals surface area contributed by atoms with Crippen LogP contribution in [0, 0.1) is 0 Å². The predicted octanol–water partition coefficient (Wildman–Crippen LogP) is 3.48. The molecule has 0 spiro atoms. The number of nitrogens with zero attached hydrogens (tertiary/aromatic N) is 3. The van der Waals surface area contributed by atoms with Crippen molar-refractivity contribution in [3.8, 4) is 5.69 Å². The van der Waals surface area contributed by atoms with Crippen LogP contribution in [0.2, 0.25) is 0 Å². The monoisotopic (exact) mass is 301 g/mol. The molecule has 1 N–H and O–H groups in total. The molecule has 0 saturated carbocycles. The largest absolute Gasteiger partial charge is 0.475 e. The minimum Gasteiger partial charge on any atom is -0.475 e. The van der Waals surface area contributed by atoms with Gasteiger partial charge in [0.25, 0.3) is 5.82 Å². The van der Waals surface area contributed by atoms with E-state index in [0.29, 0.717) is 5.82 Å². The SMILES string of the molecule is CC(C)(C)c1nc(C(=O)O)nn1-c1ccc2sccc2c1. The Morgan fingerprint density at radius 3 is 2.71 bits per heavy atom. The minimum absolute atomic E-state index is 0.176. The number of hydrogen-bond donors (Lipinski definition) is 1. The number of thiophene rings is 1. The van der Waals surface area contributed by atoms with Crippen molar-refractivity contribution in [1.29, 1.82) is 0 Å². The average Bonchev–Trinajstić information content (AvgIpc) is 3.03. The van der Waals surface area contributed by atoms with Crippen LogP contribution >= 0.6 is 11.3 Å². The quantitative estimate of drug-likeness (QED) is 0.787. The number of hydrogen-bond acceptors (Lipinski definition) is 4. The Morgan fingerprint density at radius 1 is 1.29 bits per heavy atom. The molecule has 0 aliphatic carbocycles. The zero-order valence-corrected chi connectivity index (χ0v) is 12.8. The highest BCUT2D eigenvalue weighted by molar-refractivity contribution is 7.17. The van der Waals surface area contributed by atoms with Crippen LogP contribution in [-0.4, -0.2) is 25.8 Å². The van der Waals surface area contributed by atoms with E-state index in [2.05, 4.69) is 10.1 Å². The summed E-state index contributed by atoms with van der Waals surface area (Å²) < 4.78 is 2.82. The molecule has 0 bridgehead atoms. The molecule has 0 amide bonds. The fraction of sp³-hybridized carbons (Fsp3) is 0.267. The van der Waals surface area contributed by atoms with Crippen molar-refractivity contribution in [2.75, 3.05) is 0 Å². The molecule has 0 unspecified atom stereocenters. The molecule has 1 aromatic carbocycles. The number of aromatic nitrogens is 3. The van der Waals surface area contributed by atoms with Crippen LogP contribution in [0.4, 0.5) is 0 Å². The second-order valence-electron chi connectivity index (χ2n) is 5.87. The molecule has 3 aromatic rings. The summed E-state index contributed by atoms with van der Waals surface area (Å²) in [5.41, 5.74) is 0.524. The minimum atomic E-state index is -1.11. The molecule has 0 aliphatic rings. The number of aromatic carboxylic acids is 1. The van der Waals surface area contributed by atoms with Crippen molar-refractivity contribution in [3.63, 3.8) is 0 Å². The highest BCUT2D eigenvalue weighted by atomic mass is 32.1. The number of carboxylic acid groups (broad SMARTS) is 1. The first-order chi connectivity index (χ1) is 9.86. The number of carboxylic acids is 1. The lowest BCUT2D eigenvalue weighted by Crippen LogP contribution is -2.18. The standard InChI is InChI=1S/C15H15N3O2S/c1-15(2,3)14-16-12(13(19)20)17-18(14)10-4-5-11-9(8-10)6-7-21-11/h4-8H,1-3H3,(H,19,20). The van der Waals surface area contributed by atoms with Gasteiger partial charge in [-0.15, -0.1) is 16.4 Å². The molecule has 21 heavy (non-hydrogen) atoms. The van der Waals surface area contributed by atoms with Gasteiger partial charge < -0.3 is 5.11 Å². The van der Waals surface area contributed by atoms with E-state index >= 15 is 0 Å². The van der Waals surface area contributed by atoms with Gasteiger partial charge in [0.15, 0.2) is 0 Å². The topological polar surface area (TPSA) is 68.0 Å². The van der Waals surface area contributed by atoms with Gasteiger partial charge >= 0.3 is 5.97 Å². The summed E-state index contributed by atoms with van der Waals surface area (Å²) >= 11 is 1.67. The Bertz CT molecular complexity index is 827. The zero-order valence-electron chi connectivity index (χ0n) is 12.0. The van der Waals surface area contributed by atoms with E-state index in [0.717, 1.165) is 11.1 Å². The third-order valence-electron chi connectivity index (χ3n) is 3.15. The molecule has 0 atom stereocenters. The molecule has 2 aromatic heterocycles. The summed E-state index contributed by atoms with van der Waals surface area (Å²) in [7, 11) is 0.